The van der Waals surface area contributed by atoms with E-state index in [4.69, 9.17) is 0 Å². The fourth-order valence-electron chi connectivity index (χ4n) is 1.98. The van der Waals surface area contributed by atoms with Crippen LogP contribution in [0.1, 0.15) is 23.7 Å². The summed E-state index contributed by atoms with van der Waals surface area (Å²) in [6.45, 7) is 2.37. The normalized spacial score (nSPS) is 25.9. The third kappa shape index (κ3) is 1.87. The Morgan fingerprint density at radius 2 is 2.40 bits per heavy atom. The minimum absolute atomic E-state index is 0.0489. The largest absolute Gasteiger partial charge is 0.391 e. The van der Waals surface area contributed by atoms with Crippen molar-refractivity contribution in [3.63, 3.8) is 0 Å². The lowest BCUT2D eigenvalue weighted by molar-refractivity contribution is 0.0726. The highest BCUT2D eigenvalue weighted by Crippen LogP contribution is 2.19. The van der Waals surface area contributed by atoms with Gasteiger partial charge in [-0.2, -0.15) is 5.10 Å². The molecule has 1 aromatic heterocycles. The number of aliphatic hydroxyl groups is 1. The quantitative estimate of drug-likeness (QED) is 0.709. The molecule has 1 amide bonds. The average Bonchev–Trinajstić information content (AvgIpc) is 2.71. The summed E-state index contributed by atoms with van der Waals surface area (Å²) in [6, 6.07) is 0.104. The van der Waals surface area contributed by atoms with Gasteiger partial charge in [0.05, 0.1) is 17.9 Å². The van der Waals surface area contributed by atoms with E-state index in [1.807, 2.05) is 6.92 Å². The fraction of sp³-hybridized carbons (Fsp3) is 0.600. The monoisotopic (exact) mass is 209 g/mol. The summed E-state index contributed by atoms with van der Waals surface area (Å²) >= 11 is 0. The molecular weight excluding hydrogens is 194 g/mol. The molecule has 5 heteroatoms. The number of nitrogens with zero attached hydrogens (tertiary/aromatic N) is 3. The Bertz CT molecular complexity index is 374. The molecule has 2 unspecified atom stereocenters. The summed E-state index contributed by atoms with van der Waals surface area (Å²) in [5.74, 6) is -0.0489. The van der Waals surface area contributed by atoms with Crippen molar-refractivity contribution >= 4 is 5.91 Å². The van der Waals surface area contributed by atoms with Crippen LogP contribution in [0.4, 0.5) is 0 Å². The number of aliphatic hydroxyl groups excluding tert-OH is 1. The maximum Gasteiger partial charge on any atom is 0.257 e. The third-order valence-corrected chi connectivity index (χ3v) is 2.77. The Morgan fingerprint density at radius 3 is 2.87 bits per heavy atom. The smallest absolute Gasteiger partial charge is 0.257 e. The fourth-order valence-corrected chi connectivity index (χ4v) is 1.98. The van der Waals surface area contributed by atoms with Crippen molar-refractivity contribution in [2.24, 2.45) is 7.05 Å². The van der Waals surface area contributed by atoms with Gasteiger partial charge in [-0.1, -0.05) is 0 Å². The first-order chi connectivity index (χ1) is 7.08. The van der Waals surface area contributed by atoms with Gasteiger partial charge in [-0.15, -0.1) is 0 Å². The Morgan fingerprint density at radius 1 is 1.67 bits per heavy atom. The molecule has 1 N–H and O–H groups in total. The first kappa shape index (κ1) is 10.2. The number of aromatic nitrogens is 2. The molecule has 15 heavy (non-hydrogen) atoms. The number of β-amino-alcohol motifs (C(OH)–C–C–N with tert-alkyl or cyclic N) is 1. The van der Waals surface area contributed by atoms with Gasteiger partial charge in [-0.3, -0.25) is 9.48 Å². The van der Waals surface area contributed by atoms with E-state index in [1.54, 1.807) is 29.0 Å². The Labute approximate surface area is 88.3 Å². The molecule has 1 aliphatic rings. The summed E-state index contributed by atoms with van der Waals surface area (Å²) in [6.07, 6.45) is 3.52. The van der Waals surface area contributed by atoms with Crippen LogP contribution in [-0.4, -0.2) is 44.4 Å². The highest BCUT2D eigenvalue weighted by atomic mass is 16.3. The lowest BCUT2D eigenvalue weighted by Crippen LogP contribution is -2.34. The highest BCUT2D eigenvalue weighted by Gasteiger charge is 2.32. The zero-order valence-corrected chi connectivity index (χ0v) is 8.92. The van der Waals surface area contributed by atoms with Gasteiger partial charge in [0.2, 0.25) is 0 Å². The van der Waals surface area contributed by atoms with Crippen molar-refractivity contribution in [3.8, 4) is 0 Å². The molecular formula is C10H15N3O2. The predicted molar refractivity (Wildman–Crippen MR) is 54.3 cm³/mol. The molecule has 0 aliphatic carbocycles. The maximum atomic E-state index is 12.0. The van der Waals surface area contributed by atoms with E-state index in [9.17, 15) is 9.90 Å². The van der Waals surface area contributed by atoms with E-state index >= 15 is 0 Å². The van der Waals surface area contributed by atoms with Gasteiger partial charge in [-0.25, -0.2) is 0 Å². The molecule has 1 aliphatic heterocycles. The molecule has 1 fully saturated rings. The summed E-state index contributed by atoms with van der Waals surface area (Å²) in [5, 5.41) is 13.4. The Hall–Kier alpha value is -1.36. The number of hydrogen-bond donors (Lipinski definition) is 1. The van der Waals surface area contributed by atoms with Crippen molar-refractivity contribution in [2.45, 2.75) is 25.5 Å². The second-order valence-corrected chi connectivity index (χ2v) is 4.10. The molecule has 0 saturated carbocycles. The lowest BCUT2D eigenvalue weighted by atomic mass is 10.2. The number of carbonyl (C=O) groups excluding carboxylic acids is 1. The lowest BCUT2D eigenvalue weighted by Gasteiger charge is -2.20. The molecule has 0 bridgehead atoms. The first-order valence-electron chi connectivity index (χ1n) is 5.05. The number of rotatable bonds is 1. The van der Waals surface area contributed by atoms with Crippen molar-refractivity contribution in [1.29, 1.82) is 0 Å². The van der Waals surface area contributed by atoms with E-state index < -0.39 is 0 Å². The first-order valence-corrected chi connectivity index (χ1v) is 5.05. The summed E-state index contributed by atoms with van der Waals surface area (Å²) in [4.78, 5) is 13.7. The topological polar surface area (TPSA) is 58.4 Å². The molecule has 0 spiro atoms. The third-order valence-electron chi connectivity index (χ3n) is 2.77. The van der Waals surface area contributed by atoms with Gasteiger partial charge in [0.15, 0.2) is 0 Å². The van der Waals surface area contributed by atoms with Gasteiger partial charge in [-0.05, 0) is 13.3 Å². The van der Waals surface area contributed by atoms with E-state index in [2.05, 4.69) is 5.10 Å². The summed E-state index contributed by atoms with van der Waals surface area (Å²) < 4.78 is 1.60. The van der Waals surface area contributed by atoms with Gasteiger partial charge in [0, 0.05) is 25.8 Å². The summed E-state index contributed by atoms with van der Waals surface area (Å²) in [7, 11) is 1.78. The number of carbonyl (C=O) groups is 1. The summed E-state index contributed by atoms with van der Waals surface area (Å²) in [5.41, 5.74) is 0.582. The molecule has 5 nitrogen and oxygen atoms in total. The van der Waals surface area contributed by atoms with Crippen molar-refractivity contribution in [2.75, 3.05) is 6.54 Å². The SMILES string of the molecule is CC1CC(O)CN1C(=O)c1cnn(C)c1. The molecule has 0 aromatic carbocycles. The van der Waals surface area contributed by atoms with Gasteiger partial charge >= 0.3 is 0 Å². The minimum atomic E-state index is -0.388. The number of aryl methyl sites for hydroxylation is 1. The number of amides is 1. The second kappa shape index (κ2) is 3.66. The van der Waals surface area contributed by atoms with Crippen LogP contribution >= 0.6 is 0 Å². The molecule has 82 valence electrons. The molecule has 2 atom stereocenters. The molecule has 2 heterocycles. The zero-order valence-electron chi connectivity index (χ0n) is 8.92. The molecule has 1 saturated heterocycles. The van der Waals surface area contributed by atoms with E-state index in [-0.39, 0.29) is 18.1 Å². The number of likely N-dealkylation sites (tertiary alicyclic amines) is 1. The van der Waals surface area contributed by atoms with Crippen molar-refractivity contribution in [1.82, 2.24) is 14.7 Å². The second-order valence-electron chi connectivity index (χ2n) is 4.10. The van der Waals surface area contributed by atoms with Crippen LogP contribution in [0.3, 0.4) is 0 Å². The van der Waals surface area contributed by atoms with E-state index in [0.29, 0.717) is 18.5 Å². The Kier molecular flexibility index (Phi) is 2.48. The van der Waals surface area contributed by atoms with Crippen LogP contribution in [0.2, 0.25) is 0 Å². The van der Waals surface area contributed by atoms with Crippen LogP contribution in [-0.2, 0) is 7.05 Å². The van der Waals surface area contributed by atoms with Gasteiger partial charge < -0.3 is 10.0 Å². The van der Waals surface area contributed by atoms with E-state index in [1.165, 1.54) is 0 Å². The van der Waals surface area contributed by atoms with E-state index in [0.717, 1.165) is 0 Å². The number of hydrogen-bond acceptors (Lipinski definition) is 3. The Balaban J connectivity index is 2.15. The van der Waals surface area contributed by atoms with Crippen LogP contribution in [0.25, 0.3) is 0 Å². The highest BCUT2D eigenvalue weighted by molar-refractivity contribution is 5.94. The van der Waals surface area contributed by atoms with Crippen molar-refractivity contribution in [3.05, 3.63) is 18.0 Å². The standard InChI is InChI=1S/C10H15N3O2/c1-7-3-9(14)6-13(7)10(15)8-4-11-12(2)5-8/h4-5,7,9,14H,3,6H2,1-2H3. The zero-order chi connectivity index (χ0) is 11.0. The van der Waals surface area contributed by atoms with Crippen LogP contribution in [0, 0.1) is 0 Å². The predicted octanol–water partition coefficient (Wildman–Crippen LogP) is 0.0154. The maximum absolute atomic E-state index is 12.0. The molecule has 2 rings (SSSR count). The molecule has 1 aromatic rings. The molecule has 0 radical (unpaired) electrons. The van der Waals surface area contributed by atoms with Crippen LogP contribution in [0.5, 0.6) is 0 Å². The van der Waals surface area contributed by atoms with Gasteiger partial charge in [0.25, 0.3) is 5.91 Å². The van der Waals surface area contributed by atoms with Crippen molar-refractivity contribution < 1.29 is 9.90 Å². The van der Waals surface area contributed by atoms with Crippen LogP contribution in [0.15, 0.2) is 12.4 Å². The minimum Gasteiger partial charge on any atom is -0.391 e. The average molecular weight is 209 g/mol. The van der Waals surface area contributed by atoms with Crippen LogP contribution < -0.4 is 0 Å². The van der Waals surface area contributed by atoms with Gasteiger partial charge in [0.1, 0.15) is 0 Å².